The molecule has 3 aromatic rings. The van der Waals surface area contributed by atoms with Crippen molar-refractivity contribution in [2.45, 2.75) is 53.1 Å². The number of imide groups is 1. The van der Waals surface area contributed by atoms with Crippen molar-refractivity contribution in [3.63, 3.8) is 0 Å². The van der Waals surface area contributed by atoms with Gasteiger partial charge in [0, 0.05) is 48.4 Å². The molecular weight excluding hydrogens is 526 g/mol. The van der Waals surface area contributed by atoms with E-state index >= 15 is 0 Å². The Morgan fingerprint density at radius 1 is 1.10 bits per heavy atom. The highest BCUT2D eigenvalue weighted by molar-refractivity contribution is 6.05. The summed E-state index contributed by atoms with van der Waals surface area (Å²) in [7, 11) is 0. The third-order valence-corrected chi connectivity index (χ3v) is 7.46. The lowest BCUT2D eigenvalue weighted by atomic mass is 9.82. The Kier molecular flexibility index (Phi) is 9.07. The van der Waals surface area contributed by atoms with Crippen LogP contribution in [0.5, 0.6) is 0 Å². The normalized spacial score (nSPS) is 16.4. The van der Waals surface area contributed by atoms with Crippen molar-refractivity contribution >= 4 is 17.7 Å². The first-order valence-corrected chi connectivity index (χ1v) is 13.9. The Labute approximate surface area is 239 Å². The summed E-state index contributed by atoms with van der Waals surface area (Å²) in [6, 6.07) is 14.3. The standard InChI is InChI=1S/C32H38F2N4O3/c1-21-15-28(39)38(31(21)41)20-29(40)37(14-8-13-35)30(32(2,3)4)27-16-23(25-17-24(33)11-12-26(25)34)19-36(27)18-22-9-6-5-7-10-22/h5-7,9-12,16-17,19,21,30H,8,13-15,18,20,35H2,1-4H3. The second kappa shape index (κ2) is 12.3. The average molecular weight is 565 g/mol. The topological polar surface area (TPSA) is 88.6 Å². The molecule has 0 spiro atoms. The number of hydrogen-bond donors (Lipinski definition) is 1. The molecule has 218 valence electrons. The van der Waals surface area contributed by atoms with E-state index in [-0.39, 0.29) is 36.3 Å². The number of aromatic nitrogens is 1. The van der Waals surface area contributed by atoms with Crippen molar-refractivity contribution in [2.75, 3.05) is 19.6 Å². The van der Waals surface area contributed by atoms with Gasteiger partial charge in [-0.3, -0.25) is 19.3 Å². The van der Waals surface area contributed by atoms with Crippen molar-refractivity contribution in [3.8, 4) is 11.1 Å². The zero-order valence-electron chi connectivity index (χ0n) is 24.1. The Balaban J connectivity index is 1.83. The lowest BCUT2D eigenvalue weighted by molar-refractivity contribution is -0.148. The summed E-state index contributed by atoms with van der Waals surface area (Å²) in [5.41, 5.74) is 7.64. The minimum atomic E-state index is -0.557. The first-order chi connectivity index (χ1) is 19.4. The van der Waals surface area contributed by atoms with Crippen LogP contribution in [0.25, 0.3) is 11.1 Å². The van der Waals surface area contributed by atoms with Crippen LogP contribution in [0.2, 0.25) is 0 Å². The molecule has 1 aliphatic rings. The van der Waals surface area contributed by atoms with Gasteiger partial charge in [0.15, 0.2) is 0 Å². The van der Waals surface area contributed by atoms with E-state index in [2.05, 4.69) is 0 Å². The third-order valence-electron chi connectivity index (χ3n) is 7.46. The van der Waals surface area contributed by atoms with Crippen LogP contribution in [0.4, 0.5) is 8.78 Å². The number of nitrogens with two attached hydrogens (primary N) is 1. The number of halogens is 2. The number of carbonyl (C=O) groups excluding carboxylic acids is 3. The quantitative estimate of drug-likeness (QED) is 0.346. The maximum atomic E-state index is 14.9. The Bertz CT molecular complexity index is 1410. The van der Waals surface area contributed by atoms with Crippen molar-refractivity contribution in [3.05, 3.63) is 83.7 Å². The molecule has 2 unspecified atom stereocenters. The van der Waals surface area contributed by atoms with Crippen molar-refractivity contribution in [1.29, 1.82) is 0 Å². The van der Waals surface area contributed by atoms with E-state index in [1.807, 2.05) is 55.7 Å². The number of hydrogen-bond acceptors (Lipinski definition) is 4. The number of nitrogens with zero attached hydrogens (tertiary/aromatic N) is 3. The summed E-state index contributed by atoms with van der Waals surface area (Å²) in [5, 5.41) is 0. The molecular formula is C32H38F2N4O3. The summed E-state index contributed by atoms with van der Waals surface area (Å²) in [6.07, 6.45) is 2.36. The van der Waals surface area contributed by atoms with Crippen LogP contribution in [0.3, 0.4) is 0 Å². The van der Waals surface area contributed by atoms with Crippen LogP contribution in [-0.4, -0.2) is 51.7 Å². The Hall–Kier alpha value is -3.85. The summed E-state index contributed by atoms with van der Waals surface area (Å²) >= 11 is 0. The zero-order valence-corrected chi connectivity index (χ0v) is 24.1. The van der Waals surface area contributed by atoms with E-state index in [1.54, 1.807) is 24.1 Å². The lowest BCUT2D eigenvalue weighted by Crippen LogP contribution is -2.48. The minimum Gasteiger partial charge on any atom is -0.344 e. The van der Waals surface area contributed by atoms with Crippen molar-refractivity contribution in [1.82, 2.24) is 14.4 Å². The van der Waals surface area contributed by atoms with Crippen LogP contribution in [-0.2, 0) is 20.9 Å². The molecule has 41 heavy (non-hydrogen) atoms. The highest BCUT2D eigenvalue weighted by atomic mass is 19.1. The van der Waals surface area contributed by atoms with Crippen molar-refractivity contribution < 1.29 is 23.2 Å². The molecule has 0 saturated carbocycles. The minimum absolute atomic E-state index is 0.0834. The Morgan fingerprint density at radius 2 is 1.80 bits per heavy atom. The van der Waals surface area contributed by atoms with E-state index in [1.165, 1.54) is 0 Å². The number of amides is 3. The second-order valence-corrected chi connectivity index (χ2v) is 11.8. The number of benzene rings is 2. The van der Waals surface area contributed by atoms with Gasteiger partial charge >= 0.3 is 0 Å². The Morgan fingerprint density at radius 3 is 2.41 bits per heavy atom. The van der Waals surface area contributed by atoms with E-state index in [4.69, 9.17) is 5.73 Å². The van der Waals surface area contributed by atoms with Crippen molar-refractivity contribution in [2.24, 2.45) is 17.1 Å². The van der Waals surface area contributed by atoms with E-state index < -0.39 is 29.0 Å². The molecule has 1 saturated heterocycles. The van der Waals surface area contributed by atoms with Gasteiger partial charge in [-0.2, -0.15) is 0 Å². The lowest BCUT2D eigenvalue weighted by Gasteiger charge is -2.41. The summed E-state index contributed by atoms with van der Waals surface area (Å²) in [4.78, 5) is 41.8. The summed E-state index contributed by atoms with van der Waals surface area (Å²) in [6.45, 7) is 8.37. The first-order valence-electron chi connectivity index (χ1n) is 13.9. The van der Waals surface area contributed by atoms with Gasteiger partial charge in [-0.15, -0.1) is 0 Å². The van der Waals surface area contributed by atoms with Crippen LogP contribution >= 0.6 is 0 Å². The van der Waals surface area contributed by atoms with Crippen LogP contribution < -0.4 is 5.73 Å². The fraction of sp³-hybridized carbons (Fsp3) is 0.406. The van der Waals surface area contributed by atoms with Crippen LogP contribution in [0.15, 0.2) is 60.8 Å². The predicted octanol–water partition coefficient (Wildman–Crippen LogP) is 5.14. The highest BCUT2D eigenvalue weighted by Crippen LogP contribution is 2.41. The van der Waals surface area contributed by atoms with E-state index in [9.17, 15) is 23.2 Å². The molecule has 2 atom stereocenters. The van der Waals surface area contributed by atoms with Gasteiger partial charge in [0.1, 0.15) is 18.2 Å². The molecule has 9 heteroatoms. The number of likely N-dealkylation sites (tertiary alicyclic amines) is 1. The van der Waals surface area contributed by atoms with Gasteiger partial charge in [0.05, 0.1) is 6.04 Å². The predicted molar refractivity (Wildman–Crippen MR) is 153 cm³/mol. The molecule has 1 aromatic heterocycles. The molecule has 3 amide bonds. The van der Waals surface area contributed by atoms with E-state index in [0.717, 1.165) is 34.4 Å². The smallest absolute Gasteiger partial charge is 0.243 e. The third kappa shape index (κ3) is 6.73. The van der Waals surface area contributed by atoms with E-state index in [0.29, 0.717) is 31.6 Å². The molecule has 2 heterocycles. The highest BCUT2D eigenvalue weighted by Gasteiger charge is 2.41. The second-order valence-electron chi connectivity index (χ2n) is 11.8. The fourth-order valence-corrected chi connectivity index (χ4v) is 5.51. The average Bonchev–Trinajstić information content (AvgIpc) is 3.42. The van der Waals surface area contributed by atoms with Gasteiger partial charge in [0.2, 0.25) is 17.7 Å². The molecule has 4 rings (SSSR count). The first kappa shape index (κ1) is 30.1. The zero-order chi connectivity index (χ0) is 29.9. The molecule has 0 bridgehead atoms. The van der Waals surface area contributed by atoms with Gasteiger partial charge in [-0.1, -0.05) is 58.0 Å². The van der Waals surface area contributed by atoms with Crippen LogP contribution in [0, 0.1) is 23.0 Å². The fourth-order valence-electron chi connectivity index (χ4n) is 5.51. The summed E-state index contributed by atoms with van der Waals surface area (Å²) < 4.78 is 31.1. The molecule has 2 N–H and O–H groups in total. The maximum absolute atomic E-state index is 14.9. The largest absolute Gasteiger partial charge is 0.344 e. The molecule has 0 aliphatic carbocycles. The number of rotatable bonds is 10. The molecule has 2 aromatic carbocycles. The number of carbonyl (C=O) groups is 3. The molecule has 1 aliphatic heterocycles. The summed E-state index contributed by atoms with van der Waals surface area (Å²) in [5.74, 6) is -2.67. The van der Waals surface area contributed by atoms with Gasteiger partial charge in [0.25, 0.3) is 0 Å². The molecule has 1 fully saturated rings. The SMILES string of the molecule is CC1CC(=O)N(CC(=O)N(CCCN)C(c2cc(-c3cc(F)ccc3F)cn2Cc2ccccc2)C(C)(C)C)C1=O. The van der Waals surface area contributed by atoms with Gasteiger partial charge in [-0.05, 0) is 48.2 Å². The monoisotopic (exact) mass is 564 g/mol. The molecule has 0 radical (unpaired) electrons. The van der Waals surface area contributed by atoms with Crippen LogP contribution in [0.1, 0.15) is 57.8 Å². The maximum Gasteiger partial charge on any atom is 0.243 e. The van der Waals surface area contributed by atoms with Gasteiger partial charge < -0.3 is 15.2 Å². The van der Waals surface area contributed by atoms with Gasteiger partial charge in [-0.25, -0.2) is 8.78 Å². The molecule has 7 nitrogen and oxygen atoms in total.